The molecule has 1 amide bonds. The third-order valence-corrected chi connectivity index (χ3v) is 3.87. The molecule has 0 spiro atoms. The number of carbonyl (C=O) groups excluding carboxylic acids is 1. The van der Waals surface area contributed by atoms with Gasteiger partial charge in [0.05, 0.1) is 0 Å². The summed E-state index contributed by atoms with van der Waals surface area (Å²) in [5, 5.41) is 11.0. The highest BCUT2D eigenvalue weighted by molar-refractivity contribution is 5.76. The van der Waals surface area contributed by atoms with Gasteiger partial charge in [0.25, 0.3) is 0 Å². The fraction of sp³-hybridized carbons (Fsp3) is 0.250. The minimum Gasteiger partial charge on any atom is -0.421 e. The molecule has 1 aromatic heterocycles. The van der Waals surface area contributed by atoms with Crippen LogP contribution in [-0.2, 0) is 17.8 Å². The predicted octanol–water partition coefficient (Wildman–Crippen LogP) is 3.60. The average molecular weight is 335 g/mol. The molecule has 1 N–H and O–H groups in total. The van der Waals surface area contributed by atoms with Crippen LogP contribution in [0.5, 0.6) is 0 Å². The van der Waals surface area contributed by atoms with Crippen LogP contribution in [0.25, 0.3) is 11.5 Å². The summed E-state index contributed by atoms with van der Waals surface area (Å²) in [5.74, 6) is 0.929. The first-order chi connectivity index (χ1) is 12.1. The number of hydrogen-bond acceptors (Lipinski definition) is 4. The summed E-state index contributed by atoms with van der Waals surface area (Å²) in [6.07, 6.45) is 0.750. The fourth-order valence-electron chi connectivity index (χ4n) is 2.58. The van der Waals surface area contributed by atoms with Gasteiger partial charge in [-0.2, -0.15) is 0 Å². The molecule has 5 heteroatoms. The highest BCUT2D eigenvalue weighted by Gasteiger charge is 2.10. The van der Waals surface area contributed by atoms with Crippen LogP contribution in [0.2, 0.25) is 0 Å². The number of nitrogens with one attached hydrogen (secondary N) is 1. The lowest BCUT2D eigenvalue weighted by Crippen LogP contribution is -2.23. The van der Waals surface area contributed by atoms with Gasteiger partial charge in [0, 0.05) is 24.9 Å². The summed E-state index contributed by atoms with van der Waals surface area (Å²) in [6.45, 7) is 4.57. The van der Waals surface area contributed by atoms with Gasteiger partial charge in [0.2, 0.25) is 17.7 Å². The van der Waals surface area contributed by atoms with E-state index in [-0.39, 0.29) is 5.91 Å². The van der Waals surface area contributed by atoms with Crippen LogP contribution in [0.3, 0.4) is 0 Å². The predicted molar refractivity (Wildman–Crippen MR) is 95.8 cm³/mol. The summed E-state index contributed by atoms with van der Waals surface area (Å²) in [5.41, 5.74) is 4.30. The number of hydrogen-bond donors (Lipinski definition) is 1. The van der Waals surface area contributed by atoms with E-state index in [1.807, 2.05) is 56.3 Å². The molecule has 0 atom stereocenters. The van der Waals surface area contributed by atoms with E-state index in [2.05, 4.69) is 21.6 Å². The molecule has 1 heterocycles. The Morgan fingerprint density at radius 1 is 1.04 bits per heavy atom. The van der Waals surface area contributed by atoms with E-state index < -0.39 is 0 Å². The number of aromatic nitrogens is 2. The molecule has 128 valence electrons. The fourth-order valence-corrected chi connectivity index (χ4v) is 2.58. The molecule has 3 rings (SSSR count). The summed E-state index contributed by atoms with van der Waals surface area (Å²) in [6, 6.07) is 16.0. The molecule has 0 aliphatic heterocycles. The Labute approximate surface area is 147 Å². The smallest absolute Gasteiger partial charge is 0.247 e. The van der Waals surface area contributed by atoms with Crippen LogP contribution in [0.1, 0.15) is 29.0 Å². The van der Waals surface area contributed by atoms with Crippen LogP contribution in [0.15, 0.2) is 52.9 Å². The third kappa shape index (κ3) is 4.76. The number of nitrogens with zero attached hydrogens (tertiary/aromatic N) is 2. The number of carbonyl (C=O) groups is 1. The molecule has 0 saturated carbocycles. The number of amides is 1. The molecule has 0 bridgehead atoms. The largest absolute Gasteiger partial charge is 0.421 e. The zero-order valence-electron chi connectivity index (χ0n) is 14.5. The lowest BCUT2D eigenvalue weighted by atomic mass is 10.1. The molecule has 5 nitrogen and oxygen atoms in total. The lowest BCUT2D eigenvalue weighted by Gasteiger charge is -2.05. The van der Waals surface area contributed by atoms with Gasteiger partial charge in [-0.05, 0) is 31.5 Å². The van der Waals surface area contributed by atoms with Crippen LogP contribution < -0.4 is 5.32 Å². The second kappa shape index (κ2) is 7.75. The third-order valence-electron chi connectivity index (χ3n) is 3.87. The molecule has 25 heavy (non-hydrogen) atoms. The summed E-state index contributed by atoms with van der Waals surface area (Å²) in [7, 11) is 0. The van der Waals surface area contributed by atoms with E-state index in [0.717, 1.165) is 16.7 Å². The highest BCUT2D eigenvalue weighted by atomic mass is 16.4. The highest BCUT2D eigenvalue weighted by Crippen LogP contribution is 2.19. The van der Waals surface area contributed by atoms with Crippen molar-refractivity contribution in [3.05, 3.63) is 71.1 Å². The van der Waals surface area contributed by atoms with Crippen LogP contribution >= 0.6 is 0 Å². The summed E-state index contributed by atoms with van der Waals surface area (Å²) in [4.78, 5) is 12.0. The van der Waals surface area contributed by atoms with Gasteiger partial charge >= 0.3 is 0 Å². The maximum absolute atomic E-state index is 12.0. The number of rotatable bonds is 6. The van der Waals surface area contributed by atoms with Gasteiger partial charge in [0.15, 0.2) is 0 Å². The van der Waals surface area contributed by atoms with Gasteiger partial charge in [-0.15, -0.1) is 10.2 Å². The Balaban J connectivity index is 1.51. The first-order valence-corrected chi connectivity index (χ1v) is 8.32. The van der Waals surface area contributed by atoms with Crippen molar-refractivity contribution < 1.29 is 9.21 Å². The topological polar surface area (TPSA) is 68.0 Å². The lowest BCUT2D eigenvalue weighted by molar-refractivity contribution is -0.121. The van der Waals surface area contributed by atoms with E-state index in [0.29, 0.717) is 31.2 Å². The zero-order valence-corrected chi connectivity index (χ0v) is 14.5. The van der Waals surface area contributed by atoms with E-state index in [4.69, 9.17) is 4.42 Å². The number of benzene rings is 2. The average Bonchev–Trinajstić information content (AvgIpc) is 3.07. The van der Waals surface area contributed by atoms with Crippen LogP contribution in [-0.4, -0.2) is 16.1 Å². The van der Waals surface area contributed by atoms with Crippen molar-refractivity contribution in [2.45, 2.75) is 33.2 Å². The minimum absolute atomic E-state index is 0.0307. The summed E-state index contributed by atoms with van der Waals surface area (Å²) < 4.78 is 5.65. The molecular formula is C20H21N3O2. The van der Waals surface area contributed by atoms with Crippen molar-refractivity contribution in [3.63, 3.8) is 0 Å². The Morgan fingerprint density at radius 2 is 1.80 bits per heavy atom. The van der Waals surface area contributed by atoms with E-state index in [9.17, 15) is 4.79 Å². The van der Waals surface area contributed by atoms with Gasteiger partial charge in [-0.25, -0.2) is 0 Å². The Bertz CT molecular complexity index is 871. The maximum atomic E-state index is 12.0. The van der Waals surface area contributed by atoms with Crippen molar-refractivity contribution >= 4 is 5.91 Å². The molecule has 0 radical (unpaired) electrons. The molecule has 0 unspecified atom stereocenters. The van der Waals surface area contributed by atoms with Crippen molar-refractivity contribution in [3.8, 4) is 11.5 Å². The minimum atomic E-state index is -0.0307. The molecular weight excluding hydrogens is 314 g/mol. The number of aryl methyl sites for hydroxylation is 3. The zero-order chi connectivity index (χ0) is 17.6. The quantitative estimate of drug-likeness (QED) is 0.747. The van der Waals surface area contributed by atoms with E-state index >= 15 is 0 Å². The van der Waals surface area contributed by atoms with Gasteiger partial charge in [0.1, 0.15) is 0 Å². The first-order valence-electron chi connectivity index (χ1n) is 8.32. The second-order valence-electron chi connectivity index (χ2n) is 6.14. The maximum Gasteiger partial charge on any atom is 0.247 e. The monoisotopic (exact) mass is 335 g/mol. The normalized spacial score (nSPS) is 10.6. The van der Waals surface area contributed by atoms with E-state index in [1.165, 1.54) is 5.56 Å². The Kier molecular flexibility index (Phi) is 5.23. The standard InChI is InChI=1S/C20H21N3O2/c1-14-5-3-7-16(11-14)13-21-18(24)9-10-19-22-23-20(25-19)17-8-4-6-15(2)12-17/h3-8,11-12H,9-10,13H2,1-2H3,(H,21,24). The van der Waals surface area contributed by atoms with Crippen molar-refractivity contribution in [2.24, 2.45) is 0 Å². The summed E-state index contributed by atoms with van der Waals surface area (Å²) >= 11 is 0. The second-order valence-corrected chi connectivity index (χ2v) is 6.14. The van der Waals surface area contributed by atoms with Crippen LogP contribution in [0.4, 0.5) is 0 Å². The SMILES string of the molecule is Cc1cccc(CNC(=O)CCc2nnc(-c3cccc(C)c3)o2)c1. The molecule has 0 fully saturated rings. The molecule has 2 aromatic carbocycles. The van der Waals surface area contributed by atoms with Crippen molar-refractivity contribution in [1.82, 2.24) is 15.5 Å². The first kappa shape index (κ1) is 16.9. The van der Waals surface area contributed by atoms with Gasteiger partial charge in [-0.3, -0.25) is 4.79 Å². The van der Waals surface area contributed by atoms with Gasteiger partial charge < -0.3 is 9.73 Å². The van der Waals surface area contributed by atoms with Crippen molar-refractivity contribution in [1.29, 1.82) is 0 Å². The van der Waals surface area contributed by atoms with Gasteiger partial charge in [-0.1, -0.05) is 47.5 Å². The Hall–Kier alpha value is -2.95. The molecule has 0 saturated heterocycles. The van der Waals surface area contributed by atoms with Crippen LogP contribution in [0, 0.1) is 13.8 Å². The molecule has 0 aliphatic rings. The Morgan fingerprint density at radius 3 is 2.56 bits per heavy atom. The van der Waals surface area contributed by atoms with E-state index in [1.54, 1.807) is 0 Å². The van der Waals surface area contributed by atoms with Crippen molar-refractivity contribution in [2.75, 3.05) is 0 Å². The molecule has 0 aliphatic carbocycles. The molecule has 3 aromatic rings.